The second-order valence-corrected chi connectivity index (χ2v) is 9.17. The van der Waals surface area contributed by atoms with Gasteiger partial charge in [0, 0.05) is 6.20 Å². The predicted molar refractivity (Wildman–Crippen MR) is 92.1 cm³/mol. The highest BCUT2D eigenvalue weighted by Gasteiger charge is 2.38. The minimum Gasteiger partial charge on any atom is -0.435 e. The molecule has 3 rings (SSSR count). The maximum absolute atomic E-state index is 12.7. The third kappa shape index (κ3) is 3.63. The minimum absolute atomic E-state index is 0.00902. The summed E-state index contributed by atoms with van der Waals surface area (Å²) < 4.78 is 79.6. The molecule has 1 aromatic carbocycles. The van der Waals surface area contributed by atoms with Crippen molar-refractivity contribution in [2.75, 3.05) is 5.75 Å². The lowest BCUT2D eigenvalue weighted by Crippen LogP contribution is -2.16. The first kappa shape index (κ1) is 20.0. The normalized spacial score (nSPS) is 13.4. The molecule has 12 heteroatoms. The van der Waals surface area contributed by atoms with Gasteiger partial charge in [-0.05, 0) is 24.3 Å². The fourth-order valence-corrected chi connectivity index (χ4v) is 4.05. The van der Waals surface area contributed by atoms with Crippen LogP contribution in [0.4, 0.5) is 13.2 Å². The third-order valence-electron chi connectivity index (χ3n) is 3.68. The van der Waals surface area contributed by atoms with Gasteiger partial charge in [-0.15, -0.1) is 0 Å². The van der Waals surface area contributed by atoms with E-state index in [1.165, 1.54) is 6.92 Å². The molecule has 2 heterocycles. The highest BCUT2D eigenvalue weighted by Crippen LogP contribution is 2.32. The van der Waals surface area contributed by atoms with Crippen LogP contribution in [0.5, 0.6) is 0 Å². The molecule has 7 nitrogen and oxygen atoms in total. The van der Waals surface area contributed by atoms with Crippen molar-refractivity contribution in [3.63, 3.8) is 0 Å². The van der Waals surface area contributed by atoms with E-state index < -0.39 is 31.0 Å². The van der Waals surface area contributed by atoms with E-state index in [1.54, 1.807) is 6.07 Å². The summed E-state index contributed by atoms with van der Waals surface area (Å²) in [5, 5.41) is 8.98. The number of nitriles is 1. The first-order valence-electron chi connectivity index (χ1n) is 7.59. The fourth-order valence-electron chi connectivity index (χ4n) is 2.32. The molecule has 1 atom stereocenters. The van der Waals surface area contributed by atoms with E-state index in [-0.39, 0.29) is 38.9 Å². The monoisotopic (exact) mass is 429 g/mol. The Balaban J connectivity index is 2.18. The second-order valence-electron chi connectivity index (χ2n) is 5.45. The lowest BCUT2D eigenvalue weighted by Gasteiger charge is -2.05. The summed E-state index contributed by atoms with van der Waals surface area (Å²) in [4.78, 5) is 7.12. The molecule has 28 heavy (non-hydrogen) atoms. The van der Waals surface area contributed by atoms with Crippen molar-refractivity contribution in [1.82, 2.24) is 9.97 Å². The van der Waals surface area contributed by atoms with Crippen LogP contribution >= 0.6 is 0 Å². The van der Waals surface area contributed by atoms with Crippen molar-refractivity contribution in [2.24, 2.45) is 0 Å². The Morgan fingerprint density at radius 1 is 1.29 bits per heavy atom. The number of alkyl halides is 3. The number of fused-ring (bicyclic) bond motifs is 1. The second kappa shape index (κ2) is 6.99. The van der Waals surface area contributed by atoms with Crippen LogP contribution in [0.15, 0.2) is 44.7 Å². The van der Waals surface area contributed by atoms with Crippen LogP contribution in [-0.4, -0.2) is 33.9 Å². The molecule has 0 fully saturated rings. The standard InChI is InChI=1S/C16H10F3N3O4S2/c1-2-28(24,25)13-5-9(7-20)8-21-14(13)15-22-11-6-10(3-4-12(11)26-15)27(23)16(17,18)19/h3-6,8H,2H2,1H3. The average molecular weight is 429 g/mol. The SMILES string of the molecule is CCS(=O)(=O)c1cc(C#N)cnc1-c1nc2cc(S(=O)C(F)(F)F)ccc2o1. The number of sulfone groups is 1. The quantitative estimate of drug-likeness (QED) is 0.626. The van der Waals surface area contributed by atoms with Gasteiger partial charge in [0.15, 0.2) is 26.2 Å². The van der Waals surface area contributed by atoms with Gasteiger partial charge < -0.3 is 4.42 Å². The molecule has 3 aromatic rings. The molecule has 2 aromatic heterocycles. The molecule has 0 aliphatic carbocycles. The van der Waals surface area contributed by atoms with E-state index in [1.807, 2.05) is 0 Å². The molecule has 0 N–H and O–H groups in total. The zero-order valence-corrected chi connectivity index (χ0v) is 15.7. The summed E-state index contributed by atoms with van der Waals surface area (Å²) >= 11 is 0. The van der Waals surface area contributed by atoms with E-state index >= 15 is 0 Å². The first-order valence-corrected chi connectivity index (χ1v) is 10.4. The molecule has 0 aliphatic heterocycles. The average Bonchev–Trinajstić information content (AvgIpc) is 3.09. The number of nitrogens with zero attached hydrogens (tertiary/aromatic N) is 3. The maximum atomic E-state index is 12.7. The molecule has 146 valence electrons. The Hall–Kier alpha value is -2.78. The van der Waals surface area contributed by atoms with Crippen LogP contribution in [0.2, 0.25) is 0 Å². The summed E-state index contributed by atoms with van der Waals surface area (Å²) in [6.07, 6.45) is 1.13. The van der Waals surface area contributed by atoms with Gasteiger partial charge in [0.2, 0.25) is 5.89 Å². The van der Waals surface area contributed by atoms with Crippen LogP contribution < -0.4 is 0 Å². The number of aromatic nitrogens is 2. The molecule has 1 unspecified atom stereocenters. The Labute approximate surface area is 159 Å². The van der Waals surface area contributed by atoms with Gasteiger partial charge in [-0.2, -0.15) is 18.4 Å². The summed E-state index contributed by atoms with van der Waals surface area (Å²) in [5.74, 6) is -0.521. The smallest absolute Gasteiger partial charge is 0.435 e. The summed E-state index contributed by atoms with van der Waals surface area (Å²) in [7, 11) is -7.04. The fraction of sp³-hybridized carbons (Fsp3) is 0.188. The largest absolute Gasteiger partial charge is 0.475 e. The van der Waals surface area contributed by atoms with Gasteiger partial charge in [-0.3, -0.25) is 0 Å². The van der Waals surface area contributed by atoms with Crippen molar-refractivity contribution >= 4 is 31.7 Å². The van der Waals surface area contributed by atoms with Gasteiger partial charge in [-0.1, -0.05) is 6.92 Å². The van der Waals surface area contributed by atoms with Gasteiger partial charge in [0.05, 0.1) is 21.1 Å². The third-order valence-corrected chi connectivity index (χ3v) is 6.53. The van der Waals surface area contributed by atoms with Crippen LogP contribution in [0, 0.1) is 11.3 Å². The summed E-state index contributed by atoms with van der Waals surface area (Å²) in [6, 6.07) is 6.00. The molecule has 0 bridgehead atoms. The van der Waals surface area contributed by atoms with Gasteiger partial charge in [0.1, 0.15) is 17.3 Å². The predicted octanol–water partition coefficient (Wildman–Crippen LogP) is 3.18. The van der Waals surface area contributed by atoms with E-state index in [0.717, 1.165) is 30.5 Å². The summed E-state index contributed by atoms with van der Waals surface area (Å²) in [5.41, 5.74) is -5.08. The topological polar surface area (TPSA) is 114 Å². The summed E-state index contributed by atoms with van der Waals surface area (Å²) in [6.45, 7) is 1.41. The number of pyridine rings is 1. The zero-order chi connectivity index (χ0) is 20.7. The lowest BCUT2D eigenvalue weighted by atomic mass is 10.2. The Morgan fingerprint density at radius 2 is 2.00 bits per heavy atom. The van der Waals surface area contributed by atoms with E-state index in [0.29, 0.717) is 0 Å². The lowest BCUT2D eigenvalue weighted by molar-refractivity contribution is -0.0384. The number of benzene rings is 1. The Morgan fingerprint density at radius 3 is 2.61 bits per heavy atom. The number of rotatable bonds is 4. The van der Waals surface area contributed by atoms with Crippen LogP contribution in [0.1, 0.15) is 12.5 Å². The minimum atomic E-state index is -4.93. The maximum Gasteiger partial charge on any atom is 0.475 e. The number of hydrogen-bond donors (Lipinski definition) is 0. The highest BCUT2D eigenvalue weighted by atomic mass is 32.2. The molecule has 0 aliphatic rings. The molecule has 0 saturated heterocycles. The highest BCUT2D eigenvalue weighted by molar-refractivity contribution is 7.91. The Kier molecular flexibility index (Phi) is 4.99. The van der Waals surface area contributed by atoms with Gasteiger partial charge >= 0.3 is 5.51 Å². The van der Waals surface area contributed by atoms with E-state index in [4.69, 9.17) is 9.68 Å². The van der Waals surface area contributed by atoms with Crippen LogP contribution in [0.25, 0.3) is 22.7 Å². The van der Waals surface area contributed by atoms with Crippen molar-refractivity contribution in [2.45, 2.75) is 22.2 Å². The molecule has 0 spiro atoms. The van der Waals surface area contributed by atoms with E-state index in [2.05, 4.69) is 9.97 Å². The molecular weight excluding hydrogens is 419 g/mol. The van der Waals surface area contributed by atoms with Gasteiger partial charge in [-0.25, -0.2) is 22.6 Å². The molecule has 0 saturated carbocycles. The van der Waals surface area contributed by atoms with Crippen LogP contribution in [-0.2, 0) is 20.6 Å². The first-order chi connectivity index (χ1) is 13.1. The van der Waals surface area contributed by atoms with Crippen molar-refractivity contribution in [1.29, 1.82) is 5.26 Å². The van der Waals surface area contributed by atoms with Crippen molar-refractivity contribution in [3.8, 4) is 17.7 Å². The number of halogens is 3. The van der Waals surface area contributed by atoms with Gasteiger partial charge in [0.25, 0.3) is 0 Å². The zero-order valence-electron chi connectivity index (χ0n) is 14.0. The van der Waals surface area contributed by atoms with Crippen LogP contribution in [0.3, 0.4) is 0 Å². The Bertz CT molecular complexity index is 1240. The molecule has 0 radical (unpaired) electrons. The molecule has 0 amide bonds. The van der Waals surface area contributed by atoms with E-state index in [9.17, 15) is 25.8 Å². The number of hydrogen-bond acceptors (Lipinski definition) is 7. The van der Waals surface area contributed by atoms with Crippen molar-refractivity contribution < 1.29 is 30.2 Å². The number of oxazole rings is 1. The molecular formula is C16H10F3N3O4S2. The van der Waals surface area contributed by atoms with Crippen molar-refractivity contribution in [3.05, 3.63) is 36.0 Å².